The summed E-state index contributed by atoms with van der Waals surface area (Å²) >= 11 is 0. The first-order chi connectivity index (χ1) is 12.2. The van der Waals surface area contributed by atoms with E-state index in [0.29, 0.717) is 12.5 Å². The molecule has 2 aromatic rings. The van der Waals surface area contributed by atoms with Crippen LogP contribution in [0.1, 0.15) is 53.6 Å². The molecule has 3 nitrogen and oxygen atoms in total. The van der Waals surface area contributed by atoms with Crippen LogP contribution in [0.15, 0.2) is 48.5 Å². The zero-order chi connectivity index (χ0) is 17.2. The molecule has 1 amide bonds. The average Bonchev–Trinajstić information content (AvgIpc) is 2.66. The number of rotatable bonds is 3. The molecule has 1 heterocycles. The Kier molecular flexibility index (Phi) is 4.48. The van der Waals surface area contributed by atoms with Crippen LogP contribution in [0.2, 0.25) is 0 Å². The summed E-state index contributed by atoms with van der Waals surface area (Å²) in [6.45, 7) is 2.76. The molecule has 1 fully saturated rings. The van der Waals surface area contributed by atoms with Crippen molar-refractivity contribution < 1.29 is 4.79 Å². The fourth-order valence-corrected chi connectivity index (χ4v) is 4.20. The van der Waals surface area contributed by atoms with E-state index in [-0.39, 0.29) is 12.1 Å². The van der Waals surface area contributed by atoms with Crippen molar-refractivity contribution in [2.24, 2.45) is 5.92 Å². The average molecular weight is 334 g/mol. The molecule has 4 rings (SSSR count). The summed E-state index contributed by atoms with van der Waals surface area (Å²) in [5.74, 6) is 0.696. The minimum Gasteiger partial charge on any atom is -0.364 e. The summed E-state index contributed by atoms with van der Waals surface area (Å²) in [5.41, 5.74) is 4.23. The van der Waals surface area contributed by atoms with Gasteiger partial charge in [-0.2, -0.15) is 0 Å². The largest absolute Gasteiger partial charge is 0.364 e. The minimum absolute atomic E-state index is 0.101. The van der Waals surface area contributed by atoms with Crippen molar-refractivity contribution in [1.29, 1.82) is 0 Å². The molecule has 1 atom stereocenters. The van der Waals surface area contributed by atoms with Gasteiger partial charge in [-0.1, -0.05) is 61.2 Å². The van der Waals surface area contributed by atoms with Crippen molar-refractivity contribution >= 4 is 11.6 Å². The van der Waals surface area contributed by atoms with E-state index in [9.17, 15) is 4.79 Å². The predicted molar refractivity (Wildman–Crippen MR) is 101 cm³/mol. The van der Waals surface area contributed by atoms with Gasteiger partial charge in [-0.25, -0.2) is 0 Å². The van der Waals surface area contributed by atoms with Gasteiger partial charge in [0.1, 0.15) is 6.17 Å². The van der Waals surface area contributed by atoms with Gasteiger partial charge in [-0.05, 0) is 43.4 Å². The lowest BCUT2D eigenvalue weighted by atomic mass is 9.85. The van der Waals surface area contributed by atoms with Gasteiger partial charge in [0, 0.05) is 12.2 Å². The Labute approximate surface area is 150 Å². The van der Waals surface area contributed by atoms with E-state index in [1.54, 1.807) is 0 Å². The Morgan fingerprint density at radius 3 is 2.48 bits per heavy atom. The first kappa shape index (κ1) is 16.2. The molecule has 1 N–H and O–H groups in total. The van der Waals surface area contributed by atoms with Gasteiger partial charge >= 0.3 is 0 Å². The lowest BCUT2D eigenvalue weighted by Gasteiger charge is -2.43. The fourth-order valence-electron chi connectivity index (χ4n) is 4.20. The number of nitrogens with zero attached hydrogens (tertiary/aromatic N) is 1. The van der Waals surface area contributed by atoms with E-state index < -0.39 is 0 Å². The van der Waals surface area contributed by atoms with Crippen LogP contribution >= 0.6 is 0 Å². The van der Waals surface area contributed by atoms with Crippen molar-refractivity contribution in [1.82, 2.24) is 4.90 Å². The van der Waals surface area contributed by atoms with Gasteiger partial charge in [0.05, 0.1) is 5.56 Å². The molecule has 130 valence electrons. The van der Waals surface area contributed by atoms with E-state index in [0.717, 1.165) is 11.3 Å². The Balaban J connectivity index is 1.66. The molecule has 0 bridgehead atoms. The number of anilines is 1. The second-order valence-electron chi connectivity index (χ2n) is 7.45. The first-order valence-corrected chi connectivity index (χ1v) is 9.44. The van der Waals surface area contributed by atoms with Gasteiger partial charge < -0.3 is 10.2 Å². The number of hydrogen-bond acceptors (Lipinski definition) is 2. The third kappa shape index (κ3) is 3.28. The number of para-hydroxylation sites is 1. The maximum Gasteiger partial charge on any atom is 0.257 e. The van der Waals surface area contributed by atoms with Crippen LogP contribution in [-0.4, -0.2) is 17.0 Å². The molecule has 25 heavy (non-hydrogen) atoms. The lowest BCUT2D eigenvalue weighted by molar-refractivity contribution is 0.0569. The number of carbonyl (C=O) groups excluding carboxylic acids is 1. The van der Waals surface area contributed by atoms with Crippen LogP contribution in [0.3, 0.4) is 0 Å². The highest BCUT2D eigenvalue weighted by atomic mass is 16.2. The molecule has 0 aromatic heterocycles. The highest BCUT2D eigenvalue weighted by Crippen LogP contribution is 2.35. The summed E-state index contributed by atoms with van der Waals surface area (Å²) in [6.07, 6.45) is 6.39. The Bertz CT molecular complexity index is 747. The molecule has 2 aliphatic rings. The van der Waals surface area contributed by atoms with Crippen LogP contribution in [0.4, 0.5) is 5.69 Å². The molecular weight excluding hydrogens is 308 g/mol. The first-order valence-electron chi connectivity index (χ1n) is 9.44. The van der Waals surface area contributed by atoms with Crippen molar-refractivity contribution in [2.75, 3.05) is 5.32 Å². The number of fused-ring (bicyclic) bond motifs is 1. The second-order valence-corrected chi connectivity index (χ2v) is 7.45. The summed E-state index contributed by atoms with van der Waals surface area (Å²) in [7, 11) is 0. The Morgan fingerprint density at radius 2 is 1.72 bits per heavy atom. The zero-order valence-corrected chi connectivity index (χ0v) is 14.9. The summed E-state index contributed by atoms with van der Waals surface area (Å²) < 4.78 is 0. The summed E-state index contributed by atoms with van der Waals surface area (Å²) in [6, 6.07) is 16.5. The second kappa shape index (κ2) is 6.91. The van der Waals surface area contributed by atoms with Crippen molar-refractivity contribution in [3.63, 3.8) is 0 Å². The topological polar surface area (TPSA) is 32.3 Å². The van der Waals surface area contributed by atoms with Crippen LogP contribution in [-0.2, 0) is 6.54 Å². The van der Waals surface area contributed by atoms with Gasteiger partial charge in [0.2, 0.25) is 0 Å². The molecule has 1 aliphatic carbocycles. The van der Waals surface area contributed by atoms with Gasteiger partial charge in [0.15, 0.2) is 0 Å². The molecule has 0 radical (unpaired) electrons. The maximum absolute atomic E-state index is 13.2. The van der Waals surface area contributed by atoms with Crippen molar-refractivity contribution in [3.8, 4) is 0 Å². The monoisotopic (exact) mass is 334 g/mol. The Morgan fingerprint density at radius 1 is 1.00 bits per heavy atom. The van der Waals surface area contributed by atoms with Crippen LogP contribution in [0.5, 0.6) is 0 Å². The summed E-state index contributed by atoms with van der Waals surface area (Å²) in [5, 5.41) is 3.68. The number of amides is 1. The number of aryl methyl sites for hydroxylation is 1. The Hall–Kier alpha value is -2.29. The smallest absolute Gasteiger partial charge is 0.257 e. The molecule has 2 aromatic carbocycles. The van der Waals surface area contributed by atoms with Crippen molar-refractivity contribution in [2.45, 2.75) is 51.7 Å². The highest BCUT2D eigenvalue weighted by Gasteiger charge is 2.36. The SMILES string of the molecule is Cc1ccc(CN2C(=O)c3ccccc3N[C@@H]2C2CCCCC2)cc1. The van der Waals surface area contributed by atoms with E-state index in [4.69, 9.17) is 0 Å². The van der Waals surface area contributed by atoms with Crippen LogP contribution < -0.4 is 5.32 Å². The summed E-state index contributed by atoms with van der Waals surface area (Å²) in [4.78, 5) is 15.3. The molecule has 3 heteroatoms. The van der Waals surface area contributed by atoms with Gasteiger partial charge in [-0.15, -0.1) is 0 Å². The maximum atomic E-state index is 13.2. The highest BCUT2D eigenvalue weighted by molar-refractivity contribution is 6.01. The predicted octanol–water partition coefficient (Wildman–Crippen LogP) is 4.97. The third-order valence-electron chi connectivity index (χ3n) is 5.63. The molecule has 0 spiro atoms. The van der Waals surface area contributed by atoms with Crippen LogP contribution in [0, 0.1) is 12.8 Å². The quantitative estimate of drug-likeness (QED) is 0.859. The van der Waals surface area contributed by atoms with E-state index in [1.807, 2.05) is 24.3 Å². The van der Waals surface area contributed by atoms with Crippen molar-refractivity contribution in [3.05, 3.63) is 65.2 Å². The minimum atomic E-state index is 0.101. The molecular formula is C22H26N2O. The van der Waals surface area contributed by atoms with Crippen LogP contribution in [0.25, 0.3) is 0 Å². The molecule has 0 unspecified atom stereocenters. The fraction of sp³-hybridized carbons (Fsp3) is 0.409. The van der Waals surface area contributed by atoms with E-state index >= 15 is 0 Å². The third-order valence-corrected chi connectivity index (χ3v) is 5.63. The van der Waals surface area contributed by atoms with Gasteiger partial charge in [0.25, 0.3) is 5.91 Å². The van der Waals surface area contributed by atoms with E-state index in [2.05, 4.69) is 41.4 Å². The molecule has 1 aliphatic heterocycles. The van der Waals surface area contributed by atoms with Gasteiger partial charge in [-0.3, -0.25) is 4.79 Å². The number of benzene rings is 2. The number of carbonyl (C=O) groups is 1. The molecule has 1 saturated carbocycles. The van der Waals surface area contributed by atoms with E-state index in [1.165, 1.54) is 43.2 Å². The lowest BCUT2D eigenvalue weighted by Crippen LogP contribution is -2.52. The number of hydrogen-bond donors (Lipinski definition) is 1. The standard InChI is InChI=1S/C22H26N2O/c1-16-11-13-17(14-12-16)15-24-21(18-7-3-2-4-8-18)23-20-10-6-5-9-19(20)22(24)25/h5-6,9-14,18,21,23H,2-4,7-8,15H2,1H3/t21-/m0/s1. The normalized spacial score (nSPS) is 20.9. The zero-order valence-electron chi connectivity index (χ0n) is 14.9. The number of nitrogens with one attached hydrogen (secondary N) is 1. The molecule has 0 saturated heterocycles.